The summed E-state index contributed by atoms with van der Waals surface area (Å²) in [5, 5.41) is 10.9. The van der Waals surface area contributed by atoms with Gasteiger partial charge in [-0.05, 0) is 83.3 Å². The van der Waals surface area contributed by atoms with E-state index in [9.17, 15) is 14.3 Å². The maximum atomic E-state index is 13.0. The fraction of sp³-hybridized carbons (Fsp3) is 0.682. The Kier molecular flexibility index (Phi) is 6.94. The Balaban J connectivity index is 1.49. The monoisotopic (exact) mass is 392 g/mol. The molecule has 28 heavy (non-hydrogen) atoms. The van der Waals surface area contributed by atoms with Crippen molar-refractivity contribution < 1.29 is 19.0 Å². The number of ether oxygens (including phenoxy) is 1. The molecule has 1 unspecified atom stereocenters. The molecule has 5 nitrogen and oxygen atoms in total. The van der Waals surface area contributed by atoms with Crippen molar-refractivity contribution in [2.24, 2.45) is 5.92 Å². The van der Waals surface area contributed by atoms with Crippen LogP contribution in [0, 0.1) is 11.7 Å². The Bertz CT molecular complexity index is 644. The van der Waals surface area contributed by atoms with Gasteiger partial charge in [0.2, 0.25) is 5.91 Å². The molecule has 0 saturated carbocycles. The number of halogens is 1. The lowest BCUT2D eigenvalue weighted by molar-refractivity contribution is -0.137. The van der Waals surface area contributed by atoms with Crippen LogP contribution >= 0.6 is 0 Å². The van der Waals surface area contributed by atoms with Crippen LogP contribution in [-0.2, 0) is 4.79 Å². The Morgan fingerprint density at radius 2 is 1.86 bits per heavy atom. The topological polar surface area (TPSA) is 53.0 Å². The second-order valence-electron chi connectivity index (χ2n) is 8.55. The van der Waals surface area contributed by atoms with Crippen molar-refractivity contribution >= 4 is 5.91 Å². The van der Waals surface area contributed by atoms with Gasteiger partial charge in [0.05, 0.1) is 0 Å². The van der Waals surface area contributed by atoms with Gasteiger partial charge in [-0.1, -0.05) is 0 Å². The van der Waals surface area contributed by atoms with Crippen LogP contribution in [0.3, 0.4) is 0 Å². The largest absolute Gasteiger partial charge is 0.491 e. The van der Waals surface area contributed by atoms with Crippen molar-refractivity contribution in [1.82, 2.24) is 9.80 Å². The number of hydrogen-bond acceptors (Lipinski definition) is 4. The molecule has 2 fully saturated rings. The molecule has 1 amide bonds. The summed E-state index contributed by atoms with van der Waals surface area (Å²) < 4.78 is 18.7. The van der Waals surface area contributed by atoms with Crippen LogP contribution in [-0.4, -0.2) is 65.2 Å². The summed E-state index contributed by atoms with van der Waals surface area (Å²) in [6.07, 6.45) is 3.71. The van der Waals surface area contributed by atoms with E-state index in [0.29, 0.717) is 37.7 Å². The number of likely N-dealkylation sites (tertiary alicyclic amines) is 2. The highest BCUT2D eigenvalue weighted by molar-refractivity contribution is 5.79. The van der Waals surface area contributed by atoms with Crippen LogP contribution in [0.2, 0.25) is 0 Å². The molecule has 1 atom stereocenters. The summed E-state index contributed by atoms with van der Waals surface area (Å²) in [6, 6.07) is 6.35. The van der Waals surface area contributed by atoms with E-state index in [2.05, 4.69) is 18.7 Å². The average molecular weight is 393 g/mol. The van der Waals surface area contributed by atoms with Crippen molar-refractivity contribution in [3.8, 4) is 5.75 Å². The summed E-state index contributed by atoms with van der Waals surface area (Å²) in [7, 11) is 0. The quantitative estimate of drug-likeness (QED) is 0.837. The number of aliphatic hydroxyl groups is 1. The lowest BCUT2D eigenvalue weighted by atomic mass is 9.94. The highest BCUT2D eigenvalue weighted by Gasteiger charge is 2.35. The molecule has 0 aromatic heterocycles. The Hall–Kier alpha value is -1.66. The van der Waals surface area contributed by atoms with Gasteiger partial charge in [-0.25, -0.2) is 4.39 Å². The zero-order chi connectivity index (χ0) is 20.1. The second-order valence-corrected chi connectivity index (χ2v) is 8.55. The number of amides is 1. The van der Waals surface area contributed by atoms with Crippen LogP contribution in [0.1, 0.15) is 46.0 Å². The first-order valence-corrected chi connectivity index (χ1v) is 10.5. The molecule has 3 rings (SSSR count). The van der Waals surface area contributed by atoms with E-state index in [1.807, 2.05) is 4.90 Å². The van der Waals surface area contributed by atoms with Gasteiger partial charge in [0.25, 0.3) is 0 Å². The molecule has 1 N–H and O–H groups in total. The van der Waals surface area contributed by atoms with E-state index in [1.165, 1.54) is 12.1 Å². The molecule has 0 radical (unpaired) electrons. The minimum absolute atomic E-state index is 0.108. The molecular weight excluding hydrogens is 359 g/mol. The predicted octanol–water partition coefficient (Wildman–Crippen LogP) is 3.07. The molecule has 1 aromatic carbocycles. The maximum Gasteiger partial charge on any atom is 0.225 e. The van der Waals surface area contributed by atoms with Gasteiger partial charge in [0.1, 0.15) is 23.8 Å². The van der Waals surface area contributed by atoms with Crippen molar-refractivity contribution in [2.45, 2.75) is 57.6 Å². The summed E-state index contributed by atoms with van der Waals surface area (Å²) in [6.45, 7) is 7.79. The van der Waals surface area contributed by atoms with E-state index in [1.54, 1.807) is 12.1 Å². The molecule has 2 heterocycles. The molecule has 2 aliphatic rings. The van der Waals surface area contributed by atoms with Crippen LogP contribution < -0.4 is 4.74 Å². The zero-order valence-corrected chi connectivity index (χ0v) is 17.1. The van der Waals surface area contributed by atoms with E-state index in [4.69, 9.17) is 4.74 Å². The Labute approximate surface area is 167 Å². The van der Waals surface area contributed by atoms with E-state index in [-0.39, 0.29) is 24.2 Å². The molecule has 2 saturated heterocycles. The third-order valence-corrected chi connectivity index (χ3v) is 6.16. The van der Waals surface area contributed by atoms with Gasteiger partial charge in [-0.2, -0.15) is 0 Å². The minimum Gasteiger partial charge on any atom is -0.491 e. The number of benzene rings is 1. The van der Waals surface area contributed by atoms with Crippen molar-refractivity contribution in [3.05, 3.63) is 30.1 Å². The zero-order valence-electron chi connectivity index (χ0n) is 17.1. The maximum absolute atomic E-state index is 13.0. The lowest BCUT2D eigenvalue weighted by Crippen LogP contribution is -2.45. The SMILES string of the molecule is CC(C)N1CCC(C(=O)N2CCCC(O)(COc3ccc(F)cc3)CC2)CC1. The van der Waals surface area contributed by atoms with Crippen LogP contribution in [0.25, 0.3) is 0 Å². The van der Waals surface area contributed by atoms with E-state index < -0.39 is 5.60 Å². The van der Waals surface area contributed by atoms with Crippen molar-refractivity contribution in [1.29, 1.82) is 0 Å². The van der Waals surface area contributed by atoms with Gasteiger partial charge >= 0.3 is 0 Å². The molecular formula is C22H33FN2O3. The van der Waals surface area contributed by atoms with Gasteiger partial charge < -0.3 is 19.6 Å². The average Bonchev–Trinajstić information content (AvgIpc) is 2.89. The van der Waals surface area contributed by atoms with E-state index >= 15 is 0 Å². The molecule has 0 aliphatic carbocycles. The smallest absolute Gasteiger partial charge is 0.225 e. The molecule has 156 valence electrons. The van der Waals surface area contributed by atoms with Crippen molar-refractivity contribution in [2.75, 3.05) is 32.8 Å². The molecule has 1 aromatic rings. The number of rotatable bonds is 5. The minimum atomic E-state index is -0.954. The molecule has 2 aliphatic heterocycles. The first-order chi connectivity index (χ1) is 13.4. The van der Waals surface area contributed by atoms with Crippen LogP contribution in [0.5, 0.6) is 5.75 Å². The second kappa shape index (κ2) is 9.23. The molecule has 0 bridgehead atoms. The van der Waals surface area contributed by atoms with Gasteiger partial charge in [0, 0.05) is 25.0 Å². The molecule has 6 heteroatoms. The number of hydrogen-bond donors (Lipinski definition) is 1. The summed E-state index contributed by atoms with van der Waals surface area (Å²) >= 11 is 0. The standard InChI is InChI=1S/C22H33FN2O3/c1-17(2)24-13-8-18(9-14-24)21(26)25-12-3-10-22(27,11-15-25)16-28-20-6-4-19(23)5-7-20/h4-7,17-18,27H,3,8-16H2,1-2H3. The number of carbonyl (C=O) groups is 1. The van der Waals surface area contributed by atoms with Crippen LogP contribution in [0.4, 0.5) is 4.39 Å². The first kappa shape index (κ1) is 21.1. The number of piperidine rings is 1. The third-order valence-electron chi connectivity index (χ3n) is 6.16. The Morgan fingerprint density at radius 3 is 2.50 bits per heavy atom. The fourth-order valence-electron chi connectivity index (χ4n) is 4.21. The first-order valence-electron chi connectivity index (χ1n) is 10.5. The highest BCUT2D eigenvalue weighted by atomic mass is 19.1. The summed E-state index contributed by atoms with van der Waals surface area (Å²) in [4.78, 5) is 17.3. The Morgan fingerprint density at radius 1 is 1.18 bits per heavy atom. The number of carbonyl (C=O) groups excluding carboxylic acids is 1. The summed E-state index contributed by atoms with van der Waals surface area (Å²) in [5.74, 6) is 0.585. The van der Waals surface area contributed by atoms with Gasteiger partial charge in [0.15, 0.2) is 0 Å². The number of nitrogens with zero attached hydrogens (tertiary/aromatic N) is 2. The summed E-state index contributed by atoms with van der Waals surface area (Å²) in [5.41, 5.74) is -0.954. The predicted molar refractivity (Wildman–Crippen MR) is 107 cm³/mol. The van der Waals surface area contributed by atoms with Crippen molar-refractivity contribution in [3.63, 3.8) is 0 Å². The van der Waals surface area contributed by atoms with Crippen LogP contribution in [0.15, 0.2) is 24.3 Å². The normalized spacial score (nSPS) is 25.0. The van der Waals surface area contributed by atoms with E-state index in [0.717, 1.165) is 32.4 Å². The fourth-order valence-corrected chi connectivity index (χ4v) is 4.21. The lowest BCUT2D eigenvalue weighted by Gasteiger charge is -2.36. The van der Waals surface area contributed by atoms with Gasteiger partial charge in [-0.3, -0.25) is 4.79 Å². The van der Waals surface area contributed by atoms with Gasteiger partial charge in [-0.15, -0.1) is 0 Å². The highest BCUT2D eigenvalue weighted by Crippen LogP contribution is 2.27. The third kappa shape index (κ3) is 5.45. The molecule has 0 spiro atoms.